The monoisotopic (exact) mass is 205 g/mol. The molecule has 0 saturated carbocycles. The fraction of sp³-hybridized carbons (Fsp3) is 0.364. The summed E-state index contributed by atoms with van der Waals surface area (Å²) in [6, 6.07) is 2.05. The van der Waals surface area contributed by atoms with Crippen LogP contribution in [0.2, 0.25) is 0 Å². The fourth-order valence-corrected chi connectivity index (χ4v) is 1.73. The summed E-state index contributed by atoms with van der Waals surface area (Å²) in [4.78, 5) is 4.37. The number of aryl methyl sites for hydroxylation is 1. The summed E-state index contributed by atoms with van der Waals surface area (Å²) in [7, 11) is 1.92. The van der Waals surface area contributed by atoms with Gasteiger partial charge >= 0.3 is 0 Å². The lowest BCUT2D eigenvalue weighted by molar-refractivity contribution is 0.546. The molecule has 0 aliphatic rings. The van der Waals surface area contributed by atoms with Crippen molar-refractivity contribution in [2.75, 3.05) is 7.05 Å². The minimum absolute atomic E-state index is 0.0960. The van der Waals surface area contributed by atoms with Crippen LogP contribution in [-0.2, 0) is 6.54 Å². The zero-order valence-corrected chi connectivity index (χ0v) is 8.97. The van der Waals surface area contributed by atoms with Gasteiger partial charge in [0.2, 0.25) is 0 Å². The Morgan fingerprint density at radius 2 is 2.47 bits per heavy atom. The van der Waals surface area contributed by atoms with E-state index in [0.717, 1.165) is 17.9 Å². The highest BCUT2D eigenvalue weighted by Gasteiger charge is 2.17. The van der Waals surface area contributed by atoms with Gasteiger partial charge in [-0.2, -0.15) is 0 Å². The highest BCUT2D eigenvalue weighted by Crippen LogP contribution is 2.20. The average Bonchev–Trinajstić information content (AvgIpc) is 2.89. The van der Waals surface area contributed by atoms with Crippen molar-refractivity contribution in [3.05, 3.63) is 42.4 Å². The van der Waals surface area contributed by atoms with E-state index in [1.165, 1.54) is 0 Å². The van der Waals surface area contributed by atoms with Gasteiger partial charge in [0.05, 0.1) is 18.6 Å². The summed E-state index contributed by atoms with van der Waals surface area (Å²) in [6.45, 7) is 3.03. The lowest BCUT2D eigenvalue weighted by atomic mass is 10.1. The third-order valence-electron chi connectivity index (χ3n) is 2.51. The second kappa shape index (κ2) is 4.31. The maximum Gasteiger partial charge on any atom is 0.130 e. The van der Waals surface area contributed by atoms with E-state index in [-0.39, 0.29) is 6.04 Å². The minimum Gasteiger partial charge on any atom is -0.472 e. The van der Waals surface area contributed by atoms with Crippen molar-refractivity contribution < 1.29 is 4.42 Å². The molecule has 15 heavy (non-hydrogen) atoms. The third kappa shape index (κ3) is 1.80. The number of nitrogens with zero attached hydrogens (tertiary/aromatic N) is 2. The lowest BCUT2D eigenvalue weighted by Gasteiger charge is -2.15. The normalized spacial score (nSPS) is 12.9. The van der Waals surface area contributed by atoms with E-state index in [4.69, 9.17) is 4.42 Å². The Morgan fingerprint density at radius 3 is 3.07 bits per heavy atom. The van der Waals surface area contributed by atoms with Crippen LogP contribution < -0.4 is 5.32 Å². The van der Waals surface area contributed by atoms with Crippen LogP contribution in [0.15, 0.2) is 35.4 Å². The van der Waals surface area contributed by atoms with Crippen LogP contribution in [0, 0.1) is 0 Å². The second-order valence-corrected chi connectivity index (χ2v) is 3.35. The minimum atomic E-state index is 0.0960. The molecular formula is C11H15N3O. The smallest absolute Gasteiger partial charge is 0.130 e. The van der Waals surface area contributed by atoms with Crippen LogP contribution in [0.3, 0.4) is 0 Å². The predicted octanol–water partition coefficient (Wildman–Crippen LogP) is 1.80. The number of rotatable bonds is 4. The van der Waals surface area contributed by atoms with Crippen LogP contribution in [0.5, 0.6) is 0 Å². The van der Waals surface area contributed by atoms with E-state index in [2.05, 4.69) is 21.8 Å². The summed E-state index contributed by atoms with van der Waals surface area (Å²) in [5.74, 6) is 1.02. The lowest BCUT2D eigenvalue weighted by Crippen LogP contribution is -2.21. The quantitative estimate of drug-likeness (QED) is 0.827. The summed E-state index contributed by atoms with van der Waals surface area (Å²) in [5, 5.41) is 3.24. The van der Waals surface area contributed by atoms with Gasteiger partial charge in [-0.25, -0.2) is 4.98 Å². The molecule has 2 aromatic heterocycles. The van der Waals surface area contributed by atoms with Crippen molar-refractivity contribution >= 4 is 0 Å². The van der Waals surface area contributed by atoms with Gasteiger partial charge in [0, 0.05) is 24.5 Å². The summed E-state index contributed by atoms with van der Waals surface area (Å²) in [5.41, 5.74) is 1.10. The van der Waals surface area contributed by atoms with Crippen LogP contribution in [0.25, 0.3) is 0 Å². The molecule has 1 unspecified atom stereocenters. The van der Waals surface area contributed by atoms with Crippen molar-refractivity contribution in [3.8, 4) is 0 Å². The molecule has 0 amide bonds. The van der Waals surface area contributed by atoms with Gasteiger partial charge in [-0.1, -0.05) is 0 Å². The van der Waals surface area contributed by atoms with E-state index in [1.54, 1.807) is 12.5 Å². The molecule has 0 radical (unpaired) electrons. The Labute approximate surface area is 88.9 Å². The van der Waals surface area contributed by atoms with Gasteiger partial charge in [-0.3, -0.25) is 0 Å². The Hall–Kier alpha value is -1.55. The molecule has 0 aromatic carbocycles. The number of hydrogen-bond acceptors (Lipinski definition) is 3. The fourth-order valence-electron chi connectivity index (χ4n) is 1.73. The summed E-state index contributed by atoms with van der Waals surface area (Å²) < 4.78 is 7.21. The molecule has 4 heteroatoms. The Balaban J connectivity index is 2.35. The van der Waals surface area contributed by atoms with Crippen molar-refractivity contribution in [1.82, 2.24) is 14.9 Å². The number of imidazole rings is 1. The van der Waals surface area contributed by atoms with Crippen LogP contribution in [0.4, 0.5) is 0 Å². The van der Waals surface area contributed by atoms with Gasteiger partial charge in [-0.15, -0.1) is 0 Å². The number of furan rings is 1. The second-order valence-electron chi connectivity index (χ2n) is 3.35. The SMILES string of the molecule is CCn1ccnc1C(NC)c1ccoc1. The number of nitrogens with one attached hydrogen (secondary N) is 1. The van der Waals surface area contributed by atoms with E-state index in [1.807, 2.05) is 25.5 Å². The average molecular weight is 205 g/mol. The molecule has 2 rings (SSSR count). The Bertz CT molecular complexity index is 405. The third-order valence-corrected chi connectivity index (χ3v) is 2.51. The molecule has 2 aromatic rings. The van der Waals surface area contributed by atoms with Crippen molar-refractivity contribution in [2.45, 2.75) is 19.5 Å². The van der Waals surface area contributed by atoms with Gasteiger partial charge in [-0.05, 0) is 20.0 Å². The van der Waals surface area contributed by atoms with E-state index in [0.29, 0.717) is 0 Å². The maximum atomic E-state index is 5.09. The molecule has 0 aliphatic carbocycles. The maximum absolute atomic E-state index is 5.09. The summed E-state index contributed by atoms with van der Waals surface area (Å²) >= 11 is 0. The molecule has 80 valence electrons. The van der Waals surface area contributed by atoms with Gasteiger partial charge < -0.3 is 14.3 Å². The zero-order valence-electron chi connectivity index (χ0n) is 8.97. The van der Waals surface area contributed by atoms with Gasteiger partial charge in [0.15, 0.2) is 0 Å². The van der Waals surface area contributed by atoms with E-state index in [9.17, 15) is 0 Å². The van der Waals surface area contributed by atoms with Crippen LogP contribution in [0.1, 0.15) is 24.4 Å². The molecular weight excluding hydrogens is 190 g/mol. The highest BCUT2D eigenvalue weighted by atomic mass is 16.3. The van der Waals surface area contributed by atoms with E-state index >= 15 is 0 Å². The number of aromatic nitrogens is 2. The molecule has 0 saturated heterocycles. The van der Waals surface area contributed by atoms with Crippen molar-refractivity contribution in [2.24, 2.45) is 0 Å². The molecule has 0 fully saturated rings. The molecule has 1 atom stereocenters. The number of hydrogen-bond donors (Lipinski definition) is 1. The van der Waals surface area contributed by atoms with Gasteiger partial charge in [0.25, 0.3) is 0 Å². The van der Waals surface area contributed by atoms with Crippen molar-refractivity contribution in [3.63, 3.8) is 0 Å². The standard InChI is InChI=1S/C11H15N3O/c1-3-14-6-5-13-11(14)10(12-2)9-4-7-15-8-9/h4-8,10,12H,3H2,1-2H3. The molecule has 1 N–H and O–H groups in total. The largest absolute Gasteiger partial charge is 0.472 e. The molecule has 0 spiro atoms. The van der Waals surface area contributed by atoms with Crippen LogP contribution in [-0.4, -0.2) is 16.6 Å². The van der Waals surface area contributed by atoms with Crippen LogP contribution >= 0.6 is 0 Å². The molecule has 0 aliphatic heterocycles. The zero-order chi connectivity index (χ0) is 10.7. The topological polar surface area (TPSA) is 43.0 Å². The Morgan fingerprint density at radius 1 is 1.60 bits per heavy atom. The predicted molar refractivity (Wildman–Crippen MR) is 57.5 cm³/mol. The van der Waals surface area contributed by atoms with Crippen molar-refractivity contribution in [1.29, 1.82) is 0 Å². The first-order valence-electron chi connectivity index (χ1n) is 5.07. The van der Waals surface area contributed by atoms with E-state index < -0.39 is 0 Å². The first-order valence-corrected chi connectivity index (χ1v) is 5.07. The molecule has 0 bridgehead atoms. The first kappa shape index (κ1) is 9.98. The Kier molecular flexibility index (Phi) is 2.87. The molecule has 4 nitrogen and oxygen atoms in total. The highest BCUT2D eigenvalue weighted by molar-refractivity contribution is 5.20. The molecule has 2 heterocycles. The summed E-state index contributed by atoms with van der Waals surface area (Å²) in [6.07, 6.45) is 7.23. The van der Waals surface area contributed by atoms with Gasteiger partial charge in [0.1, 0.15) is 5.82 Å². The first-order chi connectivity index (χ1) is 7.36.